The van der Waals surface area contributed by atoms with E-state index in [1.165, 1.54) is 6.92 Å². The molecule has 4 heteroatoms. The van der Waals surface area contributed by atoms with Crippen molar-refractivity contribution in [3.05, 3.63) is 0 Å². The van der Waals surface area contributed by atoms with E-state index < -0.39 is 5.97 Å². The molecule has 13 heavy (non-hydrogen) atoms. The molecule has 2 atom stereocenters. The molecular formula is C9H17NO3. The fourth-order valence-electron chi connectivity index (χ4n) is 1.13. The molecular weight excluding hydrogens is 170 g/mol. The van der Waals surface area contributed by atoms with Crippen molar-refractivity contribution in [2.24, 2.45) is 5.92 Å². The van der Waals surface area contributed by atoms with E-state index in [1.54, 1.807) is 0 Å². The first-order valence-corrected chi connectivity index (χ1v) is 4.46. The monoisotopic (exact) mass is 187 g/mol. The summed E-state index contributed by atoms with van der Waals surface area (Å²) in [4.78, 5) is 21.2. The maximum atomic E-state index is 10.8. The van der Waals surface area contributed by atoms with Crippen molar-refractivity contribution < 1.29 is 14.7 Å². The van der Waals surface area contributed by atoms with Crippen LogP contribution in [0.2, 0.25) is 0 Å². The Labute approximate surface area is 78.3 Å². The van der Waals surface area contributed by atoms with Crippen LogP contribution in [-0.4, -0.2) is 23.0 Å². The van der Waals surface area contributed by atoms with Gasteiger partial charge in [0.1, 0.15) is 0 Å². The van der Waals surface area contributed by atoms with Crippen molar-refractivity contribution in [3.63, 3.8) is 0 Å². The second-order valence-corrected chi connectivity index (χ2v) is 3.29. The number of nitrogens with one attached hydrogen (secondary N) is 1. The normalized spacial score (nSPS) is 14.7. The molecule has 0 bridgehead atoms. The Bertz CT molecular complexity index is 175. The quantitative estimate of drug-likeness (QED) is 0.675. The van der Waals surface area contributed by atoms with Gasteiger partial charge in [-0.15, -0.1) is 0 Å². The van der Waals surface area contributed by atoms with Gasteiger partial charge in [0.15, 0.2) is 0 Å². The van der Waals surface area contributed by atoms with Gasteiger partial charge in [-0.05, 0) is 5.92 Å². The summed E-state index contributed by atoms with van der Waals surface area (Å²) in [6.45, 7) is 5.31. The molecule has 0 aliphatic heterocycles. The molecule has 0 aromatic carbocycles. The third-order valence-corrected chi connectivity index (χ3v) is 2.11. The predicted octanol–water partition coefficient (Wildman–Crippen LogP) is 1.01. The van der Waals surface area contributed by atoms with E-state index >= 15 is 0 Å². The Morgan fingerprint density at radius 3 is 2.31 bits per heavy atom. The van der Waals surface area contributed by atoms with Crippen LogP contribution in [0, 0.1) is 5.92 Å². The minimum Gasteiger partial charge on any atom is -0.481 e. The third kappa shape index (κ3) is 5.22. The van der Waals surface area contributed by atoms with Crippen LogP contribution in [0.3, 0.4) is 0 Å². The molecule has 0 saturated heterocycles. The standard InChI is InChI=1S/C9H17NO3/c1-4-6(2)8(5-9(12)13)10-7(3)11/h6,8H,4-5H2,1-3H3,(H,10,11)(H,12,13)/t6?,8-/m1/s1. The first-order chi connectivity index (χ1) is 5.97. The number of aliphatic carboxylic acids is 1. The zero-order valence-electron chi connectivity index (χ0n) is 8.33. The number of amides is 1. The highest BCUT2D eigenvalue weighted by Crippen LogP contribution is 2.10. The maximum Gasteiger partial charge on any atom is 0.305 e. The SMILES string of the molecule is CCC(C)[C@@H](CC(=O)O)NC(C)=O. The van der Waals surface area contributed by atoms with Gasteiger partial charge in [-0.25, -0.2) is 0 Å². The van der Waals surface area contributed by atoms with Crippen molar-refractivity contribution >= 4 is 11.9 Å². The Morgan fingerprint density at radius 1 is 1.46 bits per heavy atom. The molecule has 0 aliphatic carbocycles. The van der Waals surface area contributed by atoms with E-state index in [9.17, 15) is 9.59 Å². The second-order valence-electron chi connectivity index (χ2n) is 3.29. The van der Waals surface area contributed by atoms with Gasteiger partial charge in [0.25, 0.3) is 0 Å². The molecule has 0 aromatic heterocycles. The summed E-state index contributed by atoms with van der Waals surface area (Å²) in [6.07, 6.45) is 0.854. The number of carbonyl (C=O) groups is 2. The van der Waals surface area contributed by atoms with E-state index in [2.05, 4.69) is 5.32 Å². The van der Waals surface area contributed by atoms with Crippen molar-refractivity contribution in [1.82, 2.24) is 5.32 Å². The van der Waals surface area contributed by atoms with Gasteiger partial charge < -0.3 is 10.4 Å². The fourth-order valence-corrected chi connectivity index (χ4v) is 1.13. The lowest BCUT2D eigenvalue weighted by atomic mass is 9.96. The highest BCUT2D eigenvalue weighted by atomic mass is 16.4. The van der Waals surface area contributed by atoms with E-state index in [1.807, 2.05) is 13.8 Å². The fraction of sp³-hybridized carbons (Fsp3) is 0.778. The lowest BCUT2D eigenvalue weighted by Crippen LogP contribution is -2.39. The minimum atomic E-state index is -0.876. The van der Waals surface area contributed by atoms with Crippen molar-refractivity contribution in [2.75, 3.05) is 0 Å². The van der Waals surface area contributed by atoms with Gasteiger partial charge in [0.05, 0.1) is 6.42 Å². The summed E-state index contributed by atoms with van der Waals surface area (Å²) in [5.41, 5.74) is 0. The molecule has 0 aromatic rings. The summed E-state index contributed by atoms with van der Waals surface area (Å²) in [5, 5.41) is 11.2. The van der Waals surface area contributed by atoms with Crippen LogP contribution >= 0.6 is 0 Å². The van der Waals surface area contributed by atoms with Gasteiger partial charge in [-0.1, -0.05) is 20.3 Å². The van der Waals surface area contributed by atoms with E-state index in [-0.39, 0.29) is 24.3 Å². The Hall–Kier alpha value is -1.06. The van der Waals surface area contributed by atoms with Gasteiger partial charge in [0.2, 0.25) is 5.91 Å². The second kappa shape index (κ2) is 5.56. The summed E-state index contributed by atoms with van der Waals surface area (Å²) in [6, 6.07) is -0.250. The zero-order chi connectivity index (χ0) is 10.4. The van der Waals surface area contributed by atoms with E-state index in [0.29, 0.717) is 0 Å². The molecule has 0 saturated carbocycles. The molecule has 0 spiro atoms. The molecule has 0 rings (SSSR count). The van der Waals surface area contributed by atoms with Gasteiger partial charge in [-0.2, -0.15) is 0 Å². The highest BCUT2D eigenvalue weighted by molar-refractivity contribution is 5.74. The van der Waals surface area contributed by atoms with Crippen molar-refractivity contribution in [3.8, 4) is 0 Å². The molecule has 0 aliphatic rings. The lowest BCUT2D eigenvalue weighted by Gasteiger charge is -2.21. The maximum absolute atomic E-state index is 10.8. The first kappa shape index (κ1) is 11.9. The largest absolute Gasteiger partial charge is 0.481 e. The van der Waals surface area contributed by atoms with Crippen LogP contribution in [0.1, 0.15) is 33.6 Å². The van der Waals surface area contributed by atoms with E-state index in [4.69, 9.17) is 5.11 Å². The predicted molar refractivity (Wildman–Crippen MR) is 49.3 cm³/mol. The average Bonchev–Trinajstić information content (AvgIpc) is 2.00. The van der Waals surface area contributed by atoms with E-state index in [0.717, 1.165) is 6.42 Å². The summed E-state index contributed by atoms with van der Waals surface area (Å²) >= 11 is 0. The van der Waals surface area contributed by atoms with Gasteiger partial charge >= 0.3 is 5.97 Å². The van der Waals surface area contributed by atoms with Gasteiger partial charge in [-0.3, -0.25) is 9.59 Å². The molecule has 2 N–H and O–H groups in total. The molecule has 0 radical (unpaired) electrons. The summed E-state index contributed by atoms with van der Waals surface area (Å²) in [5.74, 6) is -0.856. The highest BCUT2D eigenvalue weighted by Gasteiger charge is 2.19. The molecule has 4 nitrogen and oxygen atoms in total. The molecule has 76 valence electrons. The lowest BCUT2D eigenvalue weighted by molar-refractivity contribution is -0.138. The summed E-state index contributed by atoms with van der Waals surface area (Å²) in [7, 11) is 0. The summed E-state index contributed by atoms with van der Waals surface area (Å²) < 4.78 is 0. The van der Waals surface area contributed by atoms with Crippen LogP contribution in [0.15, 0.2) is 0 Å². The zero-order valence-corrected chi connectivity index (χ0v) is 8.33. The Kier molecular flexibility index (Phi) is 5.11. The molecule has 1 amide bonds. The van der Waals surface area contributed by atoms with Crippen LogP contribution < -0.4 is 5.32 Å². The number of carbonyl (C=O) groups excluding carboxylic acids is 1. The topological polar surface area (TPSA) is 66.4 Å². The van der Waals surface area contributed by atoms with Crippen molar-refractivity contribution in [1.29, 1.82) is 0 Å². The number of carboxylic acids is 1. The van der Waals surface area contributed by atoms with Crippen LogP contribution in [0.5, 0.6) is 0 Å². The molecule has 0 fully saturated rings. The van der Waals surface area contributed by atoms with Crippen LogP contribution in [0.4, 0.5) is 0 Å². The Balaban J connectivity index is 4.17. The van der Waals surface area contributed by atoms with Crippen LogP contribution in [0.25, 0.3) is 0 Å². The number of hydrogen-bond acceptors (Lipinski definition) is 2. The Morgan fingerprint density at radius 2 is 2.00 bits per heavy atom. The van der Waals surface area contributed by atoms with Gasteiger partial charge in [0, 0.05) is 13.0 Å². The first-order valence-electron chi connectivity index (χ1n) is 4.46. The van der Waals surface area contributed by atoms with Crippen LogP contribution in [-0.2, 0) is 9.59 Å². The molecule has 0 heterocycles. The average molecular weight is 187 g/mol. The third-order valence-electron chi connectivity index (χ3n) is 2.11. The number of hydrogen-bond donors (Lipinski definition) is 2. The number of rotatable bonds is 5. The molecule has 1 unspecified atom stereocenters. The number of carboxylic acid groups (broad SMARTS) is 1. The smallest absolute Gasteiger partial charge is 0.305 e. The minimum absolute atomic E-state index is 0.00537. The van der Waals surface area contributed by atoms with Crippen molar-refractivity contribution in [2.45, 2.75) is 39.7 Å².